The SMILES string of the molecule is CNC(c1cc(F)ccc1Cl)c1c(C)cccc1C. The summed E-state index contributed by atoms with van der Waals surface area (Å²) in [6.45, 7) is 4.11. The van der Waals surface area contributed by atoms with E-state index in [9.17, 15) is 4.39 Å². The van der Waals surface area contributed by atoms with E-state index in [1.807, 2.05) is 13.1 Å². The van der Waals surface area contributed by atoms with E-state index >= 15 is 0 Å². The summed E-state index contributed by atoms with van der Waals surface area (Å²) in [5.74, 6) is -0.272. The minimum Gasteiger partial charge on any atom is -0.309 e. The fraction of sp³-hybridized carbons (Fsp3) is 0.250. The summed E-state index contributed by atoms with van der Waals surface area (Å²) in [6.07, 6.45) is 0. The Morgan fingerprint density at radius 1 is 1.11 bits per heavy atom. The van der Waals surface area contributed by atoms with Gasteiger partial charge in [0.1, 0.15) is 5.82 Å². The van der Waals surface area contributed by atoms with Gasteiger partial charge in [-0.2, -0.15) is 0 Å². The maximum absolute atomic E-state index is 13.5. The van der Waals surface area contributed by atoms with Gasteiger partial charge in [-0.15, -0.1) is 0 Å². The minimum atomic E-state index is -0.272. The van der Waals surface area contributed by atoms with Gasteiger partial charge < -0.3 is 5.32 Å². The van der Waals surface area contributed by atoms with Gasteiger partial charge in [-0.25, -0.2) is 4.39 Å². The third kappa shape index (κ3) is 2.80. The van der Waals surface area contributed by atoms with Crippen LogP contribution in [0.15, 0.2) is 36.4 Å². The normalized spacial score (nSPS) is 12.5. The Kier molecular flexibility index (Phi) is 4.23. The Hall–Kier alpha value is -1.38. The highest BCUT2D eigenvalue weighted by Crippen LogP contribution is 2.32. The summed E-state index contributed by atoms with van der Waals surface area (Å²) >= 11 is 6.22. The van der Waals surface area contributed by atoms with Gasteiger partial charge in [-0.05, 0) is 61.3 Å². The van der Waals surface area contributed by atoms with Gasteiger partial charge in [0.25, 0.3) is 0 Å². The molecule has 0 aliphatic heterocycles. The molecule has 0 fully saturated rings. The second-order valence-corrected chi connectivity index (χ2v) is 5.10. The Balaban J connectivity index is 2.59. The Labute approximate surface area is 118 Å². The minimum absolute atomic E-state index is 0.107. The molecule has 2 rings (SSSR count). The highest BCUT2D eigenvalue weighted by atomic mass is 35.5. The number of aryl methyl sites for hydroxylation is 2. The van der Waals surface area contributed by atoms with Crippen molar-refractivity contribution in [2.24, 2.45) is 0 Å². The van der Waals surface area contributed by atoms with E-state index in [1.165, 1.54) is 23.3 Å². The zero-order chi connectivity index (χ0) is 14.0. The zero-order valence-electron chi connectivity index (χ0n) is 11.3. The number of nitrogens with one attached hydrogen (secondary N) is 1. The molecule has 2 aromatic rings. The molecule has 0 aromatic heterocycles. The van der Waals surface area contributed by atoms with Crippen molar-refractivity contribution in [2.75, 3.05) is 7.05 Å². The third-order valence-corrected chi connectivity index (χ3v) is 3.73. The first-order valence-corrected chi connectivity index (χ1v) is 6.60. The highest BCUT2D eigenvalue weighted by Gasteiger charge is 2.19. The molecular formula is C16H17ClFN. The van der Waals surface area contributed by atoms with E-state index in [4.69, 9.17) is 11.6 Å². The highest BCUT2D eigenvalue weighted by molar-refractivity contribution is 6.31. The smallest absolute Gasteiger partial charge is 0.123 e. The maximum Gasteiger partial charge on any atom is 0.123 e. The van der Waals surface area contributed by atoms with Gasteiger partial charge in [0.15, 0.2) is 0 Å². The molecule has 0 saturated heterocycles. The molecule has 2 aromatic carbocycles. The lowest BCUT2D eigenvalue weighted by atomic mass is 9.91. The first-order chi connectivity index (χ1) is 9.04. The lowest BCUT2D eigenvalue weighted by molar-refractivity contribution is 0.616. The molecule has 1 nitrogen and oxygen atoms in total. The van der Waals surface area contributed by atoms with Crippen molar-refractivity contribution >= 4 is 11.6 Å². The first-order valence-electron chi connectivity index (χ1n) is 6.23. The van der Waals surface area contributed by atoms with E-state index in [2.05, 4.69) is 31.3 Å². The topological polar surface area (TPSA) is 12.0 Å². The van der Waals surface area contributed by atoms with Crippen LogP contribution in [0.2, 0.25) is 5.02 Å². The van der Waals surface area contributed by atoms with E-state index in [-0.39, 0.29) is 11.9 Å². The average Bonchev–Trinajstić information content (AvgIpc) is 2.37. The molecule has 1 N–H and O–H groups in total. The van der Waals surface area contributed by atoms with Crippen LogP contribution in [0.4, 0.5) is 4.39 Å². The Morgan fingerprint density at radius 2 is 1.74 bits per heavy atom. The quantitative estimate of drug-likeness (QED) is 0.876. The van der Waals surface area contributed by atoms with E-state index in [0.717, 1.165) is 11.1 Å². The lowest BCUT2D eigenvalue weighted by Gasteiger charge is -2.22. The fourth-order valence-corrected chi connectivity index (χ4v) is 2.70. The van der Waals surface area contributed by atoms with Crippen LogP contribution in [0.25, 0.3) is 0 Å². The second kappa shape index (κ2) is 5.72. The standard InChI is InChI=1S/C16H17ClFN/c1-10-5-4-6-11(2)15(10)16(19-3)13-9-12(18)7-8-14(13)17/h4-9,16,19H,1-3H3. The molecule has 1 unspecified atom stereocenters. The molecule has 0 aliphatic rings. The number of benzene rings is 2. The van der Waals surface area contributed by atoms with Crippen LogP contribution in [0.5, 0.6) is 0 Å². The van der Waals surface area contributed by atoms with E-state index in [0.29, 0.717) is 5.02 Å². The van der Waals surface area contributed by atoms with Crippen LogP contribution >= 0.6 is 11.6 Å². The predicted octanol–water partition coefficient (Wildman–Crippen LogP) is 4.40. The largest absolute Gasteiger partial charge is 0.309 e. The molecule has 0 spiro atoms. The molecule has 19 heavy (non-hydrogen) atoms. The van der Waals surface area contributed by atoms with Crippen LogP contribution in [-0.2, 0) is 0 Å². The first kappa shape index (κ1) is 14.0. The summed E-state index contributed by atoms with van der Waals surface area (Å²) in [7, 11) is 1.86. The average molecular weight is 278 g/mol. The lowest BCUT2D eigenvalue weighted by Crippen LogP contribution is -2.20. The maximum atomic E-state index is 13.5. The van der Waals surface area contributed by atoms with Crippen molar-refractivity contribution in [2.45, 2.75) is 19.9 Å². The van der Waals surface area contributed by atoms with Gasteiger partial charge in [-0.3, -0.25) is 0 Å². The molecule has 0 heterocycles. The van der Waals surface area contributed by atoms with Crippen LogP contribution in [-0.4, -0.2) is 7.05 Å². The second-order valence-electron chi connectivity index (χ2n) is 4.69. The van der Waals surface area contributed by atoms with Crippen LogP contribution in [0.3, 0.4) is 0 Å². The summed E-state index contributed by atoms with van der Waals surface area (Å²) in [4.78, 5) is 0. The van der Waals surface area contributed by atoms with Crippen molar-refractivity contribution < 1.29 is 4.39 Å². The van der Waals surface area contributed by atoms with Gasteiger partial charge in [0.05, 0.1) is 6.04 Å². The number of rotatable bonds is 3. The number of hydrogen-bond donors (Lipinski definition) is 1. The molecule has 1 atom stereocenters. The molecule has 0 bridgehead atoms. The Morgan fingerprint density at radius 3 is 2.32 bits per heavy atom. The predicted molar refractivity (Wildman–Crippen MR) is 78.2 cm³/mol. The zero-order valence-corrected chi connectivity index (χ0v) is 12.1. The fourth-order valence-electron chi connectivity index (χ4n) is 2.47. The van der Waals surface area contributed by atoms with Crippen LogP contribution in [0.1, 0.15) is 28.3 Å². The van der Waals surface area contributed by atoms with Gasteiger partial charge in [0, 0.05) is 5.02 Å². The summed E-state index contributed by atoms with van der Waals surface area (Å²) < 4.78 is 13.5. The Bertz CT molecular complexity index is 575. The van der Waals surface area contributed by atoms with Gasteiger partial charge >= 0.3 is 0 Å². The van der Waals surface area contributed by atoms with Crippen LogP contribution in [0, 0.1) is 19.7 Å². The van der Waals surface area contributed by atoms with E-state index < -0.39 is 0 Å². The summed E-state index contributed by atoms with van der Waals surface area (Å²) in [5.41, 5.74) is 4.25. The molecule has 0 amide bonds. The molecule has 3 heteroatoms. The van der Waals surface area contributed by atoms with Gasteiger partial charge in [-0.1, -0.05) is 29.8 Å². The van der Waals surface area contributed by atoms with Crippen molar-refractivity contribution in [1.82, 2.24) is 5.32 Å². The third-order valence-electron chi connectivity index (χ3n) is 3.39. The van der Waals surface area contributed by atoms with Crippen molar-refractivity contribution in [3.63, 3.8) is 0 Å². The molecule has 0 radical (unpaired) electrons. The number of hydrogen-bond acceptors (Lipinski definition) is 1. The van der Waals surface area contributed by atoms with Gasteiger partial charge in [0.2, 0.25) is 0 Å². The molecular weight excluding hydrogens is 261 g/mol. The molecule has 0 aliphatic carbocycles. The van der Waals surface area contributed by atoms with Crippen molar-refractivity contribution in [1.29, 1.82) is 0 Å². The summed E-state index contributed by atoms with van der Waals surface area (Å²) in [6, 6.07) is 10.5. The number of halogens is 2. The molecule has 0 saturated carbocycles. The molecule has 100 valence electrons. The monoisotopic (exact) mass is 277 g/mol. The van der Waals surface area contributed by atoms with Crippen LogP contribution < -0.4 is 5.32 Å². The van der Waals surface area contributed by atoms with E-state index in [1.54, 1.807) is 6.07 Å². The van der Waals surface area contributed by atoms with Crippen molar-refractivity contribution in [3.05, 3.63) is 69.5 Å². The summed E-state index contributed by atoms with van der Waals surface area (Å²) in [5, 5.41) is 3.81. The van der Waals surface area contributed by atoms with Crippen molar-refractivity contribution in [3.8, 4) is 0 Å².